The van der Waals surface area contributed by atoms with Crippen LogP contribution in [-0.4, -0.2) is 48.1 Å². The molecule has 2 aromatic carbocycles. The zero-order valence-electron chi connectivity index (χ0n) is 16.6. The minimum absolute atomic E-state index is 0.509. The van der Waals surface area contributed by atoms with Crippen molar-refractivity contribution in [3.05, 3.63) is 66.0 Å². The van der Waals surface area contributed by atoms with Gasteiger partial charge in [-0.2, -0.15) is 0 Å². The van der Waals surface area contributed by atoms with Gasteiger partial charge in [0.25, 0.3) is 0 Å². The van der Waals surface area contributed by atoms with E-state index in [0.717, 1.165) is 37.3 Å². The third-order valence-corrected chi connectivity index (χ3v) is 6.62. The summed E-state index contributed by atoms with van der Waals surface area (Å²) in [6.07, 6.45) is 6.46. The predicted molar refractivity (Wildman–Crippen MR) is 115 cm³/mol. The van der Waals surface area contributed by atoms with Crippen molar-refractivity contribution < 1.29 is 0 Å². The number of piperidine rings is 1. The molecule has 0 N–H and O–H groups in total. The Morgan fingerprint density at radius 3 is 2.43 bits per heavy atom. The van der Waals surface area contributed by atoms with Crippen LogP contribution >= 0.6 is 0 Å². The summed E-state index contributed by atoms with van der Waals surface area (Å²) in [6, 6.07) is 17.4. The summed E-state index contributed by atoms with van der Waals surface area (Å²) in [6.45, 7) is 4.73. The summed E-state index contributed by atoms with van der Waals surface area (Å²) >= 11 is 0. The molecular formula is C24H28N4. The molecule has 4 heteroatoms. The summed E-state index contributed by atoms with van der Waals surface area (Å²) in [7, 11) is 2.23. The van der Waals surface area contributed by atoms with Gasteiger partial charge in [-0.05, 0) is 69.1 Å². The van der Waals surface area contributed by atoms with Gasteiger partial charge in [0, 0.05) is 23.9 Å². The second kappa shape index (κ2) is 7.17. The third-order valence-electron chi connectivity index (χ3n) is 6.62. The van der Waals surface area contributed by atoms with E-state index >= 15 is 0 Å². The lowest BCUT2D eigenvalue weighted by atomic mass is 9.72. The van der Waals surface area contributed by atoms with Crippen molar-refractivity contribution in [1.82, 2.24) is 14.9 Å². The summed E-state index contributed by atoms with van der Waals surface area (Å²) in [5, 5.41) is 1.20. The minimum atomic E-state index is 0.509. The van der Waals surface area contributed by atoms with Crippen LogP contribution in [-0.2, 0) is 12.8 Å². The van der Waals surface area contributed by atoms with Gasteiger partial charge in [-0.25, -0.2) is 9.97 Å². The van der Waals surface area contributed by atoms with Crippen molar-refractivity contribution in [3.63, 3.8) is 0 Å². The molecule has 0 radical (unpaired) electrons. The van der Waals surface area contributed by atoms with Gasteiger partial charge in [-0.3, -0.25) is 0 Å². The van der Waals surface area contributed by atoms with Crippen LogP contribution in [0.25, 0.3) is 10.9 Å². The highest BCUT2D eigenvalue weighted by molar-refractivity contribution is 5.90. The van der Waals surface area contributed by atoms with Crippen LogP contribution in [0.15, 0.2) is 54.9 Å². The zero-order chi connectivity index (χ0) is 19.0. The van der Waals surface area contributed by atoms with Crippen molar-refractivity contribution in [1.29, 1.82) is 0 Å². The lowest BCUT2D eigenvalue weighted by Crippen LogP contribution is -2.60. The molecule has 1 spiro atoms. The Labute approximate surface area is 167 Å². The maximum atomic E-state index is 4.69. The average molecular weight is 373 g/mol. The molecule has 28 heavy (non-hydrogen) atoms. The van der Waals surface area contributed by atoms with Gasteiger partial charge in [0.2, 0.25) is 0 Å². The number of rotatable bonds is 4. The van der Waals surface area contributed by atoms with Crippen molar-refractivity contribution in [2.75, 3.05) is 38.1 Å². The fourth-order valence-corrected chi connectivity index (χ4v) is 4.75. The van der Waals surface area contributed by atoms with Gasteiger partial charge in [-0.1, -0.05) is 36.4 Å². The lowest BCUT2D eigenvalue weighted by molar-refractivity contribution is 0.0902. The molecule has 2 aliphatic rings. The van der Waals surface area contributed by atoms with Crippen LogP contribution in [0.3, 0.4) is 0 Å². The third kappa shape index (κ3) is 3.37. The first-order chi connectivity index (χ1) is 13.7. The van der Waals surface area contributed by atoms with E-state index in [9.17, 15) is 0 Å². The Hall–Kier alpha value is -2.46. The van der Waals surface area contributed by atoms with E-state index in [1.165, 1.54) is 42.4 Å². The molecular weight excluding hydrogens is 344 g/mol. The number of nitrogens with zero attached hydrogens (tertiary/aromatic N) is 4. The number of fused-ring (bicyclic) bond motifs is 1. The molecule has 0 saturated carbocycles. The molecule has 0 atom stereocenters. The molecule has 3 heterocycles. The number of anilines is 1. The largest absolute Gasteiger partial charge is 0.355 e. The molecule has 1 aromatic heterocycles. The van der Waals surface area contributed by atoms with E-state index in [2.05, 4.69) is 75.3 Å². The topological polar surface area (TPSA) is 32.3 Å². The fourth-order valence-electron chi connectivity index (χ4n) is 4.75. The molecule has 2 aliphatic heterocycles. The van der Waals surface area contributed by atoms with E-state index in [-0.39, 0.29) is 0 Å². The summed E-state index contributed by atoms with van der Waals surface area (Å²) < 4.78 is 0. The van der Waals surface area contributed by atoms with E-state index in [1.54, 1.807) is 6.33 Å². The second-order valence-corrected chi connectivity index (χ2v) is 8.69. The average Bonchev–Trinajstić information content (AvgIpc) is 2.72. The lowest BCUT2D eigenvalue weighted by Gasteiger charge is -2.54. The van der Waals surface area contributed by atoms with Gasteiger partial charge in [0.1, 0.15) is 12.1 Å². The molecule has 0 unspecified atom stereocenters. The van der Waals surface area contributed by atoms with Gasteiger partial charge in [0.15, 0.2) is 0 Å². The molecule has 2 saturated heterocycles. The first-order valence-corrected chi connectivity index (χ1v) is 10.4. The normalized spacial score (nSPS) is 19.1. The van der Waals surface area contributed by atoms with Crippen molar-refractivity contribution >= 4 is 16.7 Å². The summed E-state index contributed by atoms with van der Waals surface area (Å²) in [5.74, 6) is 1.12. The van der Waals surface area contributed by atoms with Crippen LogP contribution in [0.2, 0.25) is 0 Å². The summed E-state index contributed by atoms with van der Waals surface area (Å²) in [4.78, 5) is 14.1. The number of aryl methyl sites for hydroxylation is 2. The Bertz CT molecular complexity index is 953. The minimum Gasteiger partial charge on any atom is -0.355 e. The van der Waals surface area contributed by atoms with E-state index < -0.39 is 0 Å². The smallest absolute Gasteiger partial charge is 0.139 e. The first kappa shape index (κ1) is 17.6. The number of hydrogen-bond donors (Lipinski definition) is 0. The van der Waals surface area contributed by atoms with Crippen LogP contribution < -0.4 is 4.90 Å². The van der Waals surface area contributed by atoms with Crippen LogP contribution in [0.5, 0.6) is 0 Å². The van der Waals surface area contributed by atoms with Crippen LogP contribution in [0.4, 0.5) is 5.82 Å². The van der Waals surface area contributed by atoms with Crippen molar-refractivity contribution in [2.45, 2.75) is 25.7 Å². The molecule has 2 fully saturated rings. The molecule has 0 amide bonds. The van der Waals surface area contributed by atoms with E-state index in [4.69, 9.17) is 0 Å². The van der Waals surface area contributed by atoms with Crippen LogP contribution in [0, 0.1) is 5.41 Å². The highest BCUT2D eigenvalue weighted by atomic mass is 15.3. The number of likely N-dealkylation sites (tertiary alicyclic amines) is 1. The molecule has 3 aromatic rings. The van der Waals surface area contributed by atoms with Gasteiger partial charge >= 0.3 is 0 Å². The second-order valence-electron chi connectivity index (χ2n) is 8.69. The Kier molecular flexibility index (Phi) is 4.52. The van der Waals surface area contributed by atoms with Crippen molar-refractivity contribution in [2.24, 2.45) is 5.41 Å². The maximum Gasteiger partial charge on any atom is 0.139 e. The molecule has 144 valence electrons. The van der Waals surface area contributed by atoms with E-state index in [0.29, 0.717) is 5.41 Å². The number of hydrogen-bond acceptors (Lipinski definition) is 4. The van der Waals surface area contributed by atoms with Gasteiger partial charge in [0.05, 0.1) is 5.52 Å². The monoisotopic (exact) mass is 372 g/mol. The zero-order valence-corrected chi connectivity index (χ0v) is 16.6. The molecule has 5 rings (SSSR count). The molecule has 4 nitrogen and oxygen atoms in total. The SMILES string of the molecule is CN1CCC2(CC1)CN(c1ncnc3ccc(CCc4ccccc4)cc13)C2. The Morgan fingerprint density at radius 2 is 1.64 bits per heavy atom. The molecule has 0 aliphatic carbocycles. The standard InChI is InChI=1S/C24H28N4/c1-27-13-11-24(12-14-27)16-28(17-24)23-21-15-20(9-10-22(21)25-18-26-23)8-7-19-5-3-2-4-6-19/h2-6,9-10,15,18H,7-8,11-14,16-17H2,1H3. The predicted octanol–water partition coefficient (Wildman–Crippen LogP) is 3.95. The Morgan fingerprint density at radius 1 is 0.893 bits per heavy atom. The highest BCUT2D eigenvalue weighted by Crippen LogP contribution is 2.43. The number of aromatic nitrogens is 2. The first-order valence-electron chi connectivity index (χ1n) is 10.4. The molecule has 0 bridgehead atoms. The maximum absolute atomic E-state index is 4.69. The van der Waals surface area contributed by atoms with Gasteiger partial charge < -0.3 is 9.80 Å². The van der Waals surface area contributed by atoms with Crippen LogP contribution in [0.1, 0.15) is 24.0 Å². The highest BCUT2D eigenvalue weighted by Gasteiger charge is 2.45. The van der Waals surface area contributed by atoms with E-state index in [1.807, 2.05) is 0 Å². The quantitative estimate of drug-likeness (QED) is 0.694. The fraction of sp³-hybridized carbons (Fsp3) is 0.417. The van der Waals surface area contributed by atoms with Crippen molar-refractivity contribution in [3.8, 4) is 0 Å². The number of benzene rings is 2. The van der Waals surface area contributed by atoms with Gasteiger partial charge in [-0.15, -0.1) is 0 Å². The summed E-state index contributed by atoms with van der Waals surface area (Å²) in [5.41, 5.74) is 4.31. The Balaban J connectivity index is 1.35.